The lowest BCUT2D eigenvalue weighted by atomic mass is 10.3. The van der Waals surface area contributed by atoms with Crippen LogP contribution in [0.1, 0.15) is 32.9 Å². The number of thioether (sulfide) groups is 1. The number of nitrogens with one attached hydrogen (secondary N) is 2. The lowest BCUT2D eigenvalue weighted by Gasteiger charge is -2.10. The predicted octanol–water partition coefficient (Wildman–Crippen LogP) is 2.04. The molecular formula is C14H27N3O2S2. The quantitative estimate of drug-likeness (QED) is 0.643. The van der Waals surface area contributed by atoms with Crippen molar-refractivity contribution in [2.45, 2.75) is 51.2 Å². The molecule has 0 atom stereocenters. The largest absolute Gasteiger partial charge is 0.349 e. The highest BCUT2D eigenvalue weighted by atomic mass is 32.2. The van der Waals surface area contributed by atoms with Crippen LogP contribution < -0.4 is 10.0 Å². The molecule has 0 unspecified atom stereocenters. The highest BCUT2D eigenvalue weighted by Gasteiger charge is 2.17. The van der Waals surface area contributed by atoms with Gasteiger partial charge in [-0.25, -0.2) is 13.1 Å². The van der Waals surface area contributed by atoms with Gasteiger partial charge in [0, 0.05) is 43.3 Å². The lowest BCUT2D eigenvalue weighted by molar-refractivity contribution is 0.551. The molecule has 0 bridgehead atoms. The van der Waals surface area contributed by atoms with Crippen molar-refractivity contribution in [3.05, 3.63) is 18.0 Å². The normalized spacial score (nSPS) is 12.2. The number of nitrogens with zero attached hydrogens (tertiary/aromatic N) is 1. The van der Waals surface area contributed by atoms with Crippen LogP contribution in [0.3, 0.4) is 0 Å². The molecule has 0 aromatic carbocycles. The molecule has 1 rings (SSSR count). The minimum Gasteiger partial charge on any atom is -0.349 e. The summed E-state index contributed by atoms with van der Waals surface area (Å²) >= 11 is 1.62. The predicted molar refractivity (Wildman–Crippen MR) is 90.3 cm³/mol. The smallest absolute Gasteiger partial charge is 0.242 e. The summed E-state index contributed by atoms with van der Waals surface area (Å²) in [5.41, 5.74) is 1.01. The van der Waals surface area contributed by atoms with Gasteiger partial charge < -0.3 is 9.88 Å². The topological polar surface area (TPSA) is 63.1 Å². The average molecular weight is 334 g/mol. The van der Waals surface area contributed by atoms with Crippen LogP contribution in [-0.2, 0) is 23.1 Å². The van der Waals surface area contributed by atoms with Crippen molar-refractivity contribution >= 4 is 21.8 Å². The molecule has 0 saturated carbocycles. The van der Waals surface area contributed by atoms with Crippen molar-refractivity contribution in [3.63, 3.8) is 0 Å². The van der Waals surface area contributed by atoms with E-state index in [-0.39, 0.29) is 0 Å². The molecule has 0 aliphatic heterocycles. The second-order valence-electron chi connectivity index (χ2n) is 5.29. The van der Waals surface area contributed by atoms with E-state index in [1.165, 1.54) is 0 Å². The molecule has 0 radical (unpaired) electrons. The zero-order chi connectivity index (χ0) is 15.9. The lowest BCUT2D eigenvalue weighted by Crippen LogP contribution is -2.25. The van der Waals surface area contributed by atoms with Crippen LogP contribution in [-0.4, -0.2) is 37.6 Å². The first-order valence-electron chi connectivity index (χ1n) is 7.31. The van der Waals surface area contributed by atoms with Crippen LogP contribution in [0.5, 0.6) is 0 Å². The Kier molecular flexibility index (Phi) is 7.79. The maximum atomic E-state index is 12.3. The van der Waals surface area contributed by atoms with Crippen LogP contribution in [0, 0.1) is 0 Å². The monoisotopic (exact) mass is 333 g/mol. The third-order valence-electron chi connectivity index (χ3n) is 3.03. The molecule has 21 heavy (non-hydrogen) atoms. The van der Waals surface area contributed by atoms with Crippen molar-refractivity contribution in [1.82, 2.24) is 14.6 Å². The molecule has 0 aliphatic carbocycles. The summed E-state index contributed by atoms with van der Waals surface area (Å²) in [6, 6.07) is 2.14. The van der Waals surface area contributed by atoms with E-state index in [0.717, 1.165) is 24.4 Å². The van der Waals surface area contributed by atoms with E-state index in [2.05, 4.69) is 30.8 Å². The van der Waals surface area contributed by atoms with Crippen molar-refractivity contribution in [1.29, 1.82) is 0 Å². The summed E-state index contributed by atoms with van der Waals surface area (Å²) in [7, 11) is -3.40. The second kappa shape index (κ2) is 8.82. The number of aromatic nitrogens is 1. The van der Waals surface area contributed by atoms with Crippen LogP contribution in [0.2, 0.25) is 0 Å². The Morgan fingerprint density at radius 3 is 2.67 bits per heavy atom. The number of hydrogen-bond acceptors (Lipinski definition) is 4. The first kappa shape index (κ1) is 18.5. The number of sulfonamides is 1. The van der Waals surface area contributed by atoms with Gasteiger partial charge in [0.15, 0.2) is 0 Å². The molecule has 5 nitrogen and oxygen atoms in total. The van der Waals surface area contributed by atoms with E-state index in [0.29, 0.717) is 24.0 Å². The van der Waals surface area contributed by atoms with Crippen LogP contribution in [0.15, 0.2) is 17.2 Å². The van der Waals surface area contributed by atoms with Crippen molar-refractivity contribution in [2.75, 3.05) is 18.6 Å². The Balaban J connectivity index is 2.89. The van der Waals surface area contributed by atoms with Gasteiger partial charge in [-0.15, -0.1) is 0 Å². The molecule has 0 saturated heterocycles. The first-order chi connectivity index (χ1) is 9.90. The summed E-state index contributed by atoms with van der Waals surface area (Å²) in [6.45, 7) is 8.21. The van der Waals surface area contributed by atoms with E-state index >= 15 is 0 Å². The summed E-state index contributed by atoms with van der Waals surface area (Å²) in [6.07, 6.45) is 4.67. The summed E-state index contributed by atoms with van der Waals surface area (Å²) in [5.74, 6) is 0.774. The van der Waals surface area contributed by atoms with Crippen molar-refractivity contribution in [2.24, 2.45) is 0 Å². The number of rotatable bonds is 10. The second-order valence-corrected chi connectivity index (χ2v) is 8.04. The third-order valence-corrected chi connectivity index (χ3v) is 5.07. The summed E-state index contributed by atoms with van der Waals surface area (Å²) in [5, 5.41) is 3.34. The molecular weight excluding hydrogens is 306 g/mol. The van der Waals surface area contributed by atoms with Gasteiger partial charge in [0.25, 0.3) is 0 Å². The number of aryl methyl sites for hydroxylation is 1. The fraction of sp³-hybridized carbons (Fsp3) is 0.714. The molecule has 1 aromatic rings. The standard InChI is InChI=1S/C14H27N3O2S2/c1-5-7-17-11-14(9-13(17)10-15-12(2)3)21(18,19)16-6-8-20-4/h9,11-12,15-16H,5-8,10H2,1-4H3. The Morgan fingerprint density at radius 1 is 1.38 bits per heavy atom. The maximum absolute atomic E-state index is 12.3. The van der Waals surface area contributed by atoms with Crippen LogP contribution in [0.25, 0.3) is 0 Å². The summed E-state index contributed by atoms with van der Waals surface area (Å²) in [4.78, 5) is 0.359. The SMILES string of the molecule is CCCn1cc(S(=O)(=O)NCCSC)cc1CNC(C)C. The van der Waals surface area contributed by atoms with Gasteiger partial charge in [0.05, 0.1) is 4.90 Å². The molecule has 0 amide bonds. The average Bonchev–Trinajstić information content (AvgIpc) is 2.81. The maximum Gasteiger partial charge on any atom is 0.242 e. The van der Waals surface area contributed by atoms with E-state index < -0.39 is 10.0 Å². The van der Waals surface area contributed by atoms with E-state index in [1.807, 2.05) is 10.8 Å². The minimum absolute atomic E-state index is 0.359. The Labute approximate surface area is 132 Å². The molecule has 122 valence electrons. The van der Waals surface area contributed by atoms with Crippen LogP contribution >= 0.6 is 11.8 Å². The zero-order valence-electron chi connectivity index (χ0n) is 13.3. The van der Waals surface area contributed by atoms with Crippen molar-refractivity contribution in [3.8, 4) is 0 Å². The minimum atomic E-state index is -3.40. The van der Waals surface area contributed by atoms with E-state index in [4.69, 9.17) is 0 Å². The first-order valence-corrected chi connectivity index (χ1v) is 10.2. The van der Waals surface area contributed by atoms with E-state index in [9.17, 15) is 8.42 Å². The highest BCUT2D eigenvalue weighted by molar-refractivity contribution is 7.98. The molecule has 0 spiro atoms. The van der Waals surface area contributed by atoms with Gasteiger partial charge in [-0.2, -0.15) is 11.8 Å². The van der Waals surface area contributed by atoms with Gasteiger partial charge in [-0.3, -0.25) is 0 Å². The fourth-order valence-corrected chi connectivity index (χ4v) is 3.47. The van der Waals surface area contributed by atoms with Gasteiger partial charge >= 0.3 is 0 Å². The molecule has 2 N–H and O–H groups in total. The van der Waals surface area contributed by atoms with Gasteiger partial charge in [0.2, 0.25) is 10.0 Å². The summed E-state index contributed by atoms with van der Waals surface area (Å²) < 4.78 is 29.2. The highest BCUT2D eigenvalue weighted by Crippen LogP contribution is 2.15. The number of hydrogen-bond donors (Lipinski definition) is 2. The van der Waals surface area contributed by atoms with Crippen LogP contribution in [0.4, 0.5) is 0 Å². The zero-order valence-corrected chi connectivity index (χ0v) is 15.0. The Hall–Kier alpha value is -0.500. The Morgan fingerprint density at radius 2 is 2.10 bits per heavy atom. The third kappa shape index (κ3) is 6.02. The molecule has 0 aliphatic rings. The molecule has 0 fully saturated rings. The molecule has 1 heterocycles. The van der Waals surface area contributed by atoms with Gasteiger partial charge in [-0.1, -0.05) is 20.8 Å². The molecule has 7 heteroatoms. The molecule has 1 aromatic heterocycles. The van der Waals surface area contributed by atoms with E-state index in [1.54, 1.807) is 24.0 Å². The van der Waals surface area contributed by atoms with Gasteiger partial charge in [0.1, 0.15) is 0 Å². The van der Waals surface area contributed by atoms with Gasteiger partial charge in [-0.05, 0) is 18.7 Å². The van der Waals surface area contributed by atoms with Crippen molar-refractivity contribution < 1.29 is 8.42 Å². The Bertz CT molecular complexity index is 524. The fourth-order valence-electron chi connectivity index (χ4n) is 1.94.